The minimum atomic E-state index is -0.353. The standard InChI is InChI=1S/C38H34O4/c39-17-19-41-33-15-11-26-21-31(13-9-28(26)23-33)38(25-30-5-1-2-6-35(30)36-7-3-4-8-37(36)38)32-14-10-29-24-34(42-20-18-40)16-12-27(29)22-32/h1-16,21-24,30,35,39-40H,17-20,25H2. The van der Waals surface area contributed by atoms with Gasteiger partial charge in [0.05, 0.1) is 13.2 Å². The van der Waals surface area contributed by atoms with Crippen LogP contribution in [0.15, 0.2) is 121 Å². The zero-order valence-electron chi connectivity index (χ0n) is 23.4. The summed E-state index contributed by atoms with van der Waals surface area (Å²) in [6.07, 6.45) is 10.1. The summed E-state index contributed by atoms with van der Waals surface area (Å²) in [7, 11) is 0. The summed E-state index contributed by atoms with van der Waals surface area (Å²) in [6.45, 7) is 0.553. The van der Waals surface area contributed by atoms with Crippen LogP contribution >= 0.6 is 0 Å². The molecule has 0 fully saturated rings. The quantitative estimate of drug-likeness (QED) is 0.211. The van der Waals surface area contributed by atoms with E-state index in [4.69, 9.17) is 9.47 Å². The summed E-state index contributed by atoms with van der Waals surface area (Å²) in [5, 5.41) is 22.9. The third-order valence-corrected chi connectivity index (χ3v) is 8.90. The van der Waals surface area contributed by atoms with Crippen molar-refractivity contribution in [2.75, 3.05) is 26.4 Å². The maximum absolute atomic E-state index is 9.19. The van der Waals surface area contributed by atoms with Crippen molar-refractivity contribution in [1.82, 2.24) is 0 Å². The summed E-state index contributed by atoms with van der Waals surface area (Å²) in [5.74, 6) is 2.26. The number of aliphatic hydroxyl groups is 2. The fourth-order valence-corrected chi connectivity index (χ4v) is 7.02. The third-order valence-electron chi connectivity index (χ3n) is 8.90. The molecular formula is C38H34O4. The third kappa shape index (κ3) is 4.57. The Morgan fingerprint density at radius 2 is 1.17 bits per heavy atom. The lowest BCUT2D eigenvalue weighted by Gasteiger charge is -2.46. The highest BCUT2D eigenvalue weighted by Gasteiger charge is 2.46. The summed E-state index contributed by atoms with van der Waals surface area (Å²) in [6, 6.07) is 35.0. The van der Waals surface area contributed by atoms with Crippen LogP contribution in [0.3, 0.4) is 0 Å². The van der Waals surface area contributed by atoms with Crippen molar-refractivity contribution in [1.29, 1.82) is 0 Å². The van der Waals surface area contributed by atoms with Crippen molar-refractivity contribution in [3.8, 4) is 11.5 Å². The van der Waals surface area contributed by atoms with Crippen LogP contribution in [0, 0.1) is 5.92 Å². The van der Waals surface area contributed by atoms with Gasteiger partial charge in [-0.05, 0) is 92.5 Å². The SMILES string of the molecule is OCCOc1ccc2cc(C3(c4ccc5cc(OCCO)ccc5c4)CC4C=CC=CC4c4ccccc43)ccc2c1. The smallest absolute Gasteiger partial charge is 0.120 e. The van der Waals surface area contributed by atoms with Crippen LogP contribution < -0.4 is 9.47 Å². The zero-order chi connectivity index (χ0) is 28.5. The van der Waals surface area contributed by atoms with E-state index >= 15 is 0 Å². The highest BCUT2D eigenvalue weighted by Crippen LogP contribution is 2.55. The molecule has 0 bridgehead atoms. The Labute approximate surface area is 246 Å². The number of rotatable bonds is 8. The Kier molecular flexibility index (Phi) is 7.02. The molecule has 0 heterocycles. The van der Waals surface area contributed by atoms with Gasteiger partial charge in [-0.1, -0.05) is 85.0 Å². The number of aliphatic hydroxyl groups excluding tert-OH is 2. The molecule has 2 aliphatic carbocycles. The molecule has 4 nitrogen and oxygen atoms in total. The first-order valence-electron chi connectivity index (χ1n) is 14.7. The van der Waals surface area contributed by atoms with Gasteiger partial charge in [-0.2, -0.15) is 0 Å². The predicted octanol–water partition coefficient (Wildman–Crippen LogP) is 7.30. The van der Waals surface area contributed by atoms with E-state index in [9.17, 15) is 10.2 Å². The number of allylic oxidation sites excluding steroid dienone is 4. The van der Waals surface area contributed by atoms with Crippen molar-refractivity contribution < 1.29 is 19.7 Å². The van der Waals surface area contributed by atoms with Gasteiger partial charge in [0.15, 0.2) is 0 Å². The molecule has 0 spiro atoms. The number of ether oxygens (including phenoxy) is 2. The van der Waals surface area contributed by atoms with Crippen LogP contribution in [0.5, 0.6) is 11.5 Å². The van der Waals surface area contributed by atoms with E-state index in [-0.39, 0.29) is 31.8 Å². The Bertz CT molecular complexity index is 1730. The molecule has 4 heteroatoms. The lowest BCUT2D eigenvalue weighted by atomic mass is 9.56. The summed E-state index contributed by atoms with van der Waals surface area (Å²) < 4.78 is 11.4. The van der Waals surface area contributed by atoms with Gasteiger partial charge in [-0.3, -0.25) is 0 Å². The van der Waals surface area contributed by atoms with Gasteiger partial charge in [-0.25, -0.2) is 0 Å². The van der Waals surface area contributed by atoms with Crippen molar-refractivity contribution in [2.24, 2.45) is 5.92 Å². The predicted molar refractivity (Wildman–Crippen MR) is 169 cm³/mol. The molecule has 0 aliphatic heterocycles. The van der Waals surface area contributed by atoms with E-state index in [0.717, 1.165) is 39.5 Å². The fourth-order valence-electron chi connectivity index (χ4n) is 7.02. The average molecular weight is 555 g/mol. The van der Waals surface area contributed by atoms with Crippen LogP contribution in [0.1, 0.15) is 34.6 Å². The molecule has 2 unspecified atom stereocenters. The van der Waals surface area contributed by atoms with Gasteiger partial charge in [0.2, 0.25) is 0 Å². The van der Waals surface area contributed by atoms with E-state index in [1.165, 1.54) is 22.3 Å². The molecular weight excluding hydrogens is 520 g/mol. The Morgan fingerprint density at radius 1 is 0.619 bits per heavy atom. The lowest BCUT2D eigenvalue weighted by molar-refractivity contribution is 0.201. The largest absolute Gasteiger partial charge is 0.491 e. The maximum Gasteiger partial charge on any atom is 0.120 e. The highest BCUT2D eigenvalue weighted by atomic mass is 16.5. The molecule has 7 rings (SSSR count). The number of hydrogen-bond donors (Lipinski definition) is 2. The van der Waals surface area contributed by atoms with E-state index in [1.807, 2.05) is 24.3 Å². The molecule has 2 N–H and O–H groups in total. The topological polar surface area (TPSA) is 58.9 Å². The van der Waals surface area contributed by atoms with Crippen molar-refractivity contribution in [3.05, 3.63) is 144 Å². The van der Waals surface area contributed by atoms with Crippen molar-refractivity contribution in [2.45, 2.75) is 17.8 Å². The molecule has 2 aliphatic rings. The van der Waals surface area contributed by atoms with Gasteiger partial charge < -0.3 is 19.7 Å². The Morgan fingerprint density at radius 3 is 1.79 bits per heavy atom. The molecule has 0 amide bonds. The average Bonchev–Trinajstić information content (AvgIpc) is 3.05. The van der Waals surface area contributed by atoms with Gasteiger partial charge in [0.1, 0.15) is 24.7 Å². The van der Waals surface area contributed by atoms with Crippen LogP contribution in [-0.4, -0.2) is 36.6 Å². The van der Waals surface area contributed by atoms with Crippen molar-refractivity contribution in [3.63, 3.8) is 0 Å². The molecule has 5 aromatic rings. The van der Waals surface area contributed by atoms with Crippen LogP contribution in [0.25, 0.3) is 21.5 Å². The number of fused-ring (bicyclic) bond motifs is 5. The Balaban J connectivity index is 1.43. The number of hydrogen-bond acceptors (Lipinski definition) is 4. The second-order valence-corrected chi connectivity index (χ2v) is 11.2. The molecule has 0 saturated heterocycles. The van der Waals surface area contributed by atoms with Crippen LogP contribution in [0.2, 0.25) is 0 Å². The zero-order valence-corrected chi connectivity index (χ0v) is 23.4. The first kappa shape index (κ1) is 26.5. The lowest BCUT2D eigenvalue weighted by Crippen LogP contribution is -2.39. The van der Waals surface area contributed by atoms with E-state index in [1.54, 1.807) is 0 Å². The first-order chi connectivity index (χ1) is 20.7. The molecule has 0 saturated carbocycles. The second kappa shape index (κ2) is 11.1. The summed E-state index contributed by atoms with van der Waals surface area (Å²) in [5.41, 5.74) is 4.93. The summed E-state index contributed by atoms with van der Waals surface area (Å²) in [4.78, 5) is 0. The summed E-state index contributed by atoms with van der Waals surface area (Å²) >= 11 is 0. The van der Waals surface area contributed by atoms with E-state index in [2.05, 4.69) is 97.1 Å². The molecule has 42 heavy (non-hydrogen) atoms. The van der Waals surface area contributed by atoms with E-state index in [0.29, 0.717) is 11.8 Å². The van der Waals surface area contributed by atoms with E-state index < -0.39 is 0 Å². The molecule has 0 radical (unpaired) electrons. The molecule has 210 valence electrons. The van der Waals surface area contributed by atoms with Crippen LogP contribution in [-0.2, 0) is 5.41 Å². The number of benzene rings is 5. The van der Waals surface area contributed by atoms with Crippen molar-refractivity contribution >= 4 is 21.5 Å². The monoisotopic (exact) mass is 554 g/mol. The maximum atomic E-state index is 9.19. The molecule has 5 aromatic carbocycles. The van der Waals surface area contributed by atoms with Gasteiger partial charge >= 0.3 is 0 Å². The fraction of sp³-hybridized carbons (Fsp3) is 0.211. The highest BCUT2D eigenvalue weighted by molar-refractivity contribution is 5.87. The van der Waals surface area contributed by atoms with Gasteiger partial charge in [0, 0.05) is 11.3 Å². The second-order valence-electron chi connectivity index (χ2n) is 11.2. The van der Waals surface area contributed by atoms with Crippen LogP contribution in [0.4, 0.5) is 0 Å². The first-order valence-corrected chi connectivity index (χ1v) is 14.7. The Hall–Kier alpha value is -4.38. The normalized spacial score (nSPS) is 18.5. The molecule has 0 aromatic heterocycles. The minimum absolute atomic E-state index is 0.00649. The van der Waals surface area contributed by atoms with Gasteiger partial charge in [-0.15, -0.1) is 0 Å². The van der Waals surface area contributed by atoms with Gasteiger partial charge in [0.25, 0.3) is 0 Å². The minimum Gasteiger partial charge on any atom is -0.491 e. The molecule has 2 atom stereocenters.